The van der Waals surface area contributed by atoms with Gasteiger partial charge in [-0.05, 0) is 32.1 Å². The van der Waals surface area contributed by atoms with Crippen molar-refractivity contribution in [1.82, 2.24) is 0 Å². The van der Waals surface area contributed by atoms with E-state index in [0.29, 0.717) is 6.42 Å². The summed E-state index contributed by atoms with van der Waals surface area (Å²) in [5, 5.41) is 110. The van der Waals surface area contributed by atoms with Gasteiger partial charge in [-0.3, -0.25) is 13.8 Å². The van der Waals surface area contributed by atoms with Gasteiger partial charge in [0.2, 0.25) is 0 Å². The second-order valence-corrected chi connectivity index (χ2v) is 29.6. The fourth-order valence-electron chi connectivity index (χ4n) is 12.9. The molecule has 594 valence electrons. The minimum atomic E-state index is -5.73. The SMILES string of the molecule is CCCCCCCCCCCCC/C=C/C=C/C(=O)OCC(COP(=O)(O)OC1C(OC2OC(CO)C(O)C(O)C2O)C(O)C(O)C(O)C1OC1OC(COC(=O)/C=C/C=C/CCCCCCCCCCCCC)C(O)C(O)C1O)OC(=O)CCCCCCCCCCCCCCCCCCC. The third kappa shape index (κ3) is 40.2. The molecular weight excluding hydrogens is 1340 g/mol. The van der Waals surface area contributed by atoms with Gasteiger partial charge < -0.3 is 89.1 Å². The summed E-state index contributed by atoms with van der Waals surface area (Å²) in [5.74, 6) is -2.48. The van der Waals surface area contributed by atoms with Gasteiger partial charge in [0, 0.05) is 18.6 Å². The lowest BCUT2D eigenvalue weighted by atomic mass is 9.84. The van der Waals surface area contributed by atoms with Crippen molar-refractivity contribution in [2.45, 2.75) is 395 Å². The molecule has 0 radical (unpaired) electrons. The number of esters is 3. The highest BCUT2D eigenvalue weighted by molar-refractivity contribution is 7.47. The van der Waals surface area contributed by atoms with Crippen LogP contribution in [0, 0.1) is 0 Å². The highest BCUT2D eigenvalue weighted by atomic mass is 31.2. The van der Waals surface area contributed by atoms with Crippen LogP contribution in [0.2, 0.25) is 0 Å². The molecule has 3 fully saturated rings. The Morgan fingerprint density at radius 3 is 1.14 bits per heavy atom. The van der Waals surface area contributed by atoms with E-state index in [9.17, 15) is 74.9 Å². The number of unbranched alkanes of at least 4 members (excludes halogenated alkanes) is 38. The number of aliphatic hydroxyl groups is 10. The number of allylic oxidation sites excluding steroid dienone is 6. The standard InChI is InChI=1S/C77H137O24P/c1-4-7-10-13-16-19-22-25-28-29-32-35-38-41-44-47-50-53-63(81)96-58(55-93-61(79)51-48-45-42-39-36-33-30-26-23-20-17-14-11-8-5-2)56-95-102(91,92)101-75-73(99-76-71(89)66(84)64(82)59(54-78)97-76)69(87)68(86)70(88)74(75)100-77-72(90)67(85)65(83)60(98-77)57-94-62(80)52-49-46-43-40-37-34-31-27-24-21-18-15-12-9-6-3/h42-43,45-46,48-49,51-52,58-60,64-78,82-90H,4-41,44,47,50,53-57H2,1-3H3,(H,91,92)/b45-42+,46-43+,51-48+,52-49+. The summed E-state index contributed by atoms with van der Waals surface area (Å²) in [7, 11) is -5.73. The van der Waals surface area contributed by atoms with E-state index in [1.807, 2.05) is 12.2 Å². The topological polar surface area (TPSA) is 374 Å². The minimum absolute atomic E-state index is 0.0609. The number of phosphoric acid groups is 1. The molecule has 18 atom stereocenters. The average molecular weight is 1480 g/mol. The largest absolute Gasteiger partial charge is 0.472 e. The summed E-state index contributed by atoms with van der Waals surface area (Å²) in [5.41, 5.74) is 0. The van der Waals surface area contributed by atoms with Crippen molar-refractivity contribution in [1.29, 1.82) is 0 Å². The van der Waals surface area contributed by atoms with Gasteiger partial charge in [0.15, 0.2) is 18.7 Å². The Morgan fingerprint density at radius 1 is 0.402 bits per heavy atom. The number of carbonyl (C=O) groups is 3. The third-order valence-corrected chi connectivity index (χ3v) is 20.3. The number of rotatable bonds is 61. The molecule has 2 aliphatic heterocycles. The molecule has 3 aliphatic rings. The zero-order chi connectivity index (χ0) is 74.6. The maximum atomic E-state index is 14.3. The quantitative estimate of drug-likeness (QED) is 0.00673. The van der Waals surface area contributed by atoms with E-state index in [0.717, 1.165) is 95.6 Å². The van der Waals surface area contributed by atoms with E-state index < -0.39 is 156 Å². The van der Waals surface area contributed by atoms with Gasteiger partial charge in [0.1, 0.15) is 98.7 Å². The number of carbonyl (C=O) groups excluding carboxylic acids is 3. The molecule has 25 heteroatoms. The van der Waals surface area contributed by atoms with Crippen LogP contribution < -0.4 is 0 Å². The monoisotopic (exact) mass is 1480 g/mol. The van der Waals surface area contributed by atoms with Gasteiger partial charge in [-0.1, -0.05) is 288 Å². The van der Waals surface area contributed by atoms with Crippen LogP contribution in [0.4, 0.5) is 0 Å². The van der Waals surface area contributed by atoms with Crippen LogP contribution in [0.5, 0.6) is 0 Å². The molecule has 3 rings (SSSR count). The number of aliphatic hydroxyl groups excluding tert-OH is 10. The summed E-state index contributed by atoms with van der Waals surface area (Å²) in [6.07, 6.45) is 24.3. The van der Waals surface area contributed by atoms with E-state index in [1.165, 1.54) is 186 Å². The van der Waals surface area contributed by atoms with Crippen LogP contribution in [0.1, 0.15) is 290 Å². The number of hydrogen-bond acceptors (Lipinski definition) is 23. The smallest absolute Gasteiger partial charge is 0.460 e. The summed E-state index contributed by atoms with van der Waals surface area (Å²) >= 11 is 0. The van der Waals surface area contributed by atoms with Crippen molar-refractivity contribution in [2.24, 2.45) is 0 Å². The van der Waals surface area contributed by atoms with Crippen molar-refractivity contribution < 1.29 is 117 Å². The van der Waals surface area contributed by atoms with Crippen LogP contribution in [-0.4, -0.2) is 204 Å². The lowest BCUT2D eigenvalue weighted by Gasteiger charge is -2.49. The molecule has 11 N–H and O–H groups in total. The highest BCUT2D eigenvalue weighted by Gasteiger charge is 2.58. The molecule has 0 aromatic carbocycles. The van der Waals surface area contributed by atoms with E-state index in [2.05, 4.69) is 20.8 Å². The second-order valence-electron chi connectivity index (χ2n) is 28.2. The Balaban J connectivity index is 1.75. The molecule has 0 spiro atoms. The maximum absolute atomic E-state index is 14.3. The van der Waals surface area contributed by atoms with Crippen LogP contribution in [-0.2, 0) is 61.2 Å². The van der Waals surface area contributed by atoms with Gasteiger partial charge in [-0.25, -0.2) is 14.2 Å². The number of ether oxygens (including phenoxy) is 7. The van der Waals surface area contributed by atoms with Crippen LogP contribution in [0.25, 0.3) is 0 Å². The van der Waals surface area contributed by atoms with Crippen LogP contribution in [0.15, 0.2) is 48.6 Å². The third-order valence-electron chi connectivity index (χ3n) is 19.3. The summed E-state index contributed by atoms with van der Waals surface area (Å²) in [6.45, 7) is 3.27. The Hall–Kier alpha value is -3.08. The maximum Gasteiger partial charge on any atom is 0.472 e. The fraction of sp³-hybridized carbons (Fsp3) is 0.857. The molecule has 0 bridgehead atoms. The zero-order valence-electron chi connectivity index (χ0n) is 62.1. The molecule has 2 saturated heterocycles. The average Bonchev–Trinajstić information content (AvgIpc) is 0.762. The van der Waals surface area contributed by atoms with Crippen molar-refractivity contribution >= 4 is 25.7 Å². The zero-order valence-corrected chi connectivity index (χ0v) is 63.0. The van der Waals surface area contributed by atoms with Gasteiger partial charge in [-0.15, -0.1) is 0 Å². The van der Waals surface area contributed by atoms with Crippen LogP contribution >= 0.6 is 7.82 Å². The van der Waals surface area contributed by atoms with Crippen molar-refractivity contribution in [3.63, 3.8) is 0 Å². The first kappa shape index (κ1) is 93.1. The van der Waals surface area contributed by atoms with Gasteiger partial charge in [-0.2, -0.15) is 0 Å². The number of phosphoric ester groups is 1. The van der Waals surface area contributed by atoms with Crippen molar-refractivity contribution in [3.8, 4) is 0 Å². The molecule has 18 unspecified atom stereocenters. The summed E-state index contributed by atoms with van der Waals surface area (Å²) in [4.78, 5) is 50.9. The summed E-state index contributed by atoms with van der Waals surface area (Å²) in [6, 6.07) is 0. The molecule has 102 heavy (non-hydrogen) atoms. The molecule has 24 nitrogen and oxygen atoms in total. The summed E-state index contributed by atoms with van der Waals surface area (Å²) < 4.78 is 64.7. The molecule has 2 heterocycles. The lowest BCUT2D eigenvalue weighted by Crippen LogP contribution is -2.69. The molecule has 0 aromatic heterocycles. The second kappa shape index (κ2) is 58.0. The Labute approximate surface area is 609 Å². The Morgan fingerprint density at radius 2 is 0.745 bits per heavy atom. The normalized spacial score (nSPS) is 27.3. The van der Waals surface area contributed by atoms with E-state index >= 15 is 0 Å². The predicted molar refractivity (Wildman–Crippen MR) is 388 cm³/mol. The fourth-order valence-corrected chi connectivity index (χ4v) is 13.8. The van der Waals surface area contributed by atoms with Crippen LogP contribution in [0.3, 0.4) is 0 Å². The van der Waals surface area contributed by atoms with Gasteiger partial charge in [0.05, 0.1) is 13.2 Å². The minimum Gasteiger partial charge on any atom is -0.460 e. The highest BCUT2D eigenvalue weighted by Crippen LogP contribution is 2.49. The first-order valence-electron chi connectivity index (χ1n) is 39.5. The Kier molecular flexibility index (Phi) is 53.0. The molecule has 0 amide bonds. The first-order valence-corrected chi connectivity index (χ1v) is 41.0. The van der Waals surface area contributed by atoms with Gasteiger partial charge in [0.25, 0.3) is 0 Å². The number of hydrogen-bond donors (Lipinski definition) is 11. The van der Waals surface area contributed by atoms with Crippen molar-refractivity contribution in [2.75, 3.05) is 26.4 Å². The first-order chi connectivity index (χ1) is 49.3. The molecule has 0 aromatic rings. The molecular formula is C77H137O24P. The predicted octanol–water partition coefficient (Wildman–Crippen LogP) is 11.6. The van der Waals surface area contributed by atoms with E-state index in [1.54, 1.807) is 12.2 Å². The van der Waals surface area contributed by atoms with E-state index in [4.69, 9.17) is 42.2 Å². The van der Waals surface area contributed by atoms with Crippen molar-refractivity contribution in [3.05, 3.63) is 48.6 Å². The lowest BCUT2D eigenvalue weighted by molar-refractivity contribution is -0.360. The Bertz CT molecular complexity index is 2290. The molecule has 1 saturated carbocycles. The molecule has 1 aliphatic carbocycles. The van der Waals surface area contributed by atoms with E-state index in [-0.39, 0.29) is 6.42 Å². The van der Waals surface area contributed by atoms with Gasteiger partial charge >= 0.3 is 25.7 Å².